The molecule has 1 fully saturated rings. The summed E-state index contributed by atoms with van der Waals surface area (Å²) in [5.74, 6) is -1.00. The second kappa shape index (κ2) is 7.03. The van der Waals surface area contributed by atoms with Gasteiger partial charge < -0.3 is 15.5 Å². The Hall–Kier alpha value is -1.37. The van der Waals surface area contributed by atoms with Crippen molar-refractivity contribution in [1.82, 2.24) is 5.32 Å². The molecule has 0 spiro atoms. The fourth-order valence-corrected chi connectivity index (χ4v) is 3.86. The van der Waals surface area contributed by atoms with E-state index in [4.69, 9.17) is 0 Å². The molecule has 23 heavy (non-hydrogen) atoms. The van der Waals surface area contributed by atoms with Gasteiger partial charge in [-0.15, -0.1) is 0 Å². The van der Waals surface area contributed by atoms with Gasteiger partial charge in [0.15, 0.2) is 5.54 Å². The number of rotatable bonds is 5. The average molecular weight is 337 g/mol. The molecule has 1 aliphatic rings. The molecule has 2 unspecified atom stereocenters. The predicted molar refractivity (Wildman–Crippen MR) is 89.6 cm³/mol. The molecule has 6 heteroatoms. The zero-order valence-corrected chi connectivity index (χ0v) is 14.3. The largest absolute Gasteiger partial charge is 0.390 e. The highest BCUT2D eigenvalue weighted by molar-refractivity contribution is 8.13. The number of aliphatic hydroxyl groups excluding tert-OH is 2. The third-order valence-electron chi connectivity index (χ3n) is 4.33. The quantitative estimate of drug-likeness (QED) is 0.755. The zero-order chi connectivity index (χ0) is 17.2. The Morgan fingerprint density at radius 3 is 2.43 bits per heavy atom. The van der Waals surface area contributed by atoms with Gasteiger partial charge in [0.25, 0.3) is 0 Å². The molecule has 0 aliphatic carbocycles. The van der Waals surface area contributed by atoms with E-state index in [2.05, 4.69) is 5.32 Å². The average Bonchev–Trinajstić information content (AvgIpc) is 2.78. The summed E-state index contributed by atoms with van der Waals surface area (Å²) in [5.41, 5.74) is -0.684. The Kier molecular flexibility index (Phi) is 5.49. The fourth-order valence-electron chi connectivity index (χ4n) is 2.84. The second-order valence-electron chi connectivity index (χ2n) is 6.34. The number of hydrogen-bond acceptors (Lipinski definition) is 5. The number of carbonyl (C=O) groups is 2. The number of nitrogens with one attached hydrogen (secondary N) is 1. The first kappa shape index (κ1) is 18.0. The van der Waals surface area contributed by atoms with E-state index in [1.807, 2.05) is 30.3 Å². The molecule has 0 aromatic heterocycles. The summed E-state index contributed by atoms with van der Waals surface area (Å²) in [4.78, 5) is 24.8. The highest BCUT2D eigenvalue weighted by Crippen LogP contribution is 2.36. The van der Waals surface area contributed by atoms with E-state index in [1.54, 1.807) is 20.8 Å². The first-order chi connectivity index (χ1) is 10.8. The van der Waals surface area contributed by atoms with E-state index in [0.717, 1.165) is 17.3 Å². The SMILES string of the molecule is CC(C)C(O)[C@@]1(C(=O)SCc2ccccc2)NC(=O)[C@H](C)C1O. The van der Waals surface area contributed by atoms with Crippen molar-refractivity contribution in [1.29, 1.82) is 0 Å². The number of aliphatic hydroxyl groups is 2. The van der Waals surface area contributed by atoms with E-state index in [1.165, 1.54) is 0 Å². The van der Waals surface area contributed by atoms with Gasteiger partial charge >= 0.3 is 0 Å². The van der Waals surface area contributed by atoms with Crippen LogP contribution in [0.15, 0.2) is 30.3 Å². The Balaban J connectivity index is 2.24. The van der Waals surface area contributed by atoms with E-state index in [9.17, 15) is 19.8 Å². The number of hydrogen-bond donors (Lipinski definition) is 3. The topological polar surface area (TPSA) is 86.6 Å². The molecule has 3 N–H and O–H groups in total. The van der Waals surface area contributed by atoms with Crippen LogP contribution in [0.4, 0.5) is 0 Å². The van der Waals surface area contributed by atoms with Gasteiger partial charge in [0.05, 0.1) is 18.1 Å². The van der Waals surface area contributed by atoms with Crippen molar-refractivity contribution < 1.29 is 19.8 Å². The standard InChI is InChI=1S/C17H23NO4S/c1-10(2)13(19)17(14(20)11(3)15(21)18-17)16(22)23-9-12-7-5-4-6-8-12/h4-8,10-11,13-14,19-20H,9H2,1-3H3,(H,18,21)/t11-,13?,14?,17-/m1/s1. The number of carbonyl (C=O) groups excluding carboxylic acids is 2. The molecule has 1 aliphatic heterocycles. The van der Waals surface area contributed by atoms with Crippen molar-refractivity contribution in [3.63, 3.8) is 0 Å². The van der Waals surface area contributed by atoms with Gasteiger partial charge in [-0.1, -0.05) is 62.9 Å². The highest BCUT2D eigenvalue weighted by Gasteiger charge is 2.60. The fraction of sp³-hybridized carbons (Fsp3) is 0.529. The molecule has 0 saturated carbocycles. The number of benzene rings is 1. The lowest BCUT2D eigenvalue weighted by Crippen LogP contribution is -2.64. The summed E-state index contributed by atoms with van der Waals surface area (Å²) in [6, 6.07) is 9.46. The van der Waals surface area contributed by atoms with Crippen molar-refractivity contribution >= 4 is 22.8 Å². The maximum absolute atomic E-state index is 12.8. The molecule has 126 valence electrons. The maximum atomic E-state index is 12.8. The molecular formula is C17H23NO4S. The van der Waals surface area contributed by atoms with Crippen molar-refractivity contribution in [2.75, 3.05) is 0 Å². The van der Waals surface area contributed by atoms with Gasteiger partial charge in [-0.05, 0) is 11.5 Å². The second-order valence-corrected chi connectivity index (χ2v) is 7.29. The van der Waals surface area contributed by atoms with Gasteiger partial charge in [-0.3, -0.25) is 9.59 Å². The van der Waals surface area contributed by atoms with Crippen molar-refractivity contribution in [2.45, 2.75) is 44.3 Å². The minimum absolute atomic E-state index is 0.281. The third kappa shape index (κ3) is 3.29. The summed E-state index contributed by atoms with van der Waals surface area (Å²) in [6.45, 7) is 5.07. The lowest BCUT2D eigenvalue weighted by molar-refractivity contribution is -0.131. The van der Waals surface area contributed by atoms with Crippen molar-refractivity contribution in [3.8, 4) is 0 Å². The monoisotopic (exact) mass is 337 g/mol. The minimum Gasteiger partial charge on any atom is -0.390 e. The molecule has 1 aromatic carbocycles. The normalized spacial score (nSPS) is 28.7. The van der Waals surface area contributed by atoms with Gasteiger partial charge in [0.2, 0.25) is 11.0 Å². The third-order valence-corrected chi connectivity index (χ3v) is 5.41. The molecule has 1 saturated heterocycles. The van der Waals surface area contributed by atoms with Crippen molar-refractivity contribution in [2.24, 2.45) is 11.8 Å². The van der Waals surface area contributed by atoms with E-state index >= 15 is 0 Å². The first-order valence-electron chi connectivity index (χ1n) is 7.70. The van der Waals surface area contributed by atoms with Crippen molar-refractivity contribution in [3.05, 3.63) is 35.9 Å². The summed E-state index contributed by atoms with van der Waals surface area (Å²) >= 11 is 1.01. The zero-order valence-electron chi connectivity index (χ0n) is 13.5. The van der Waals surface area contributed by atoms with Gasteiger partial charge in [-0.2, -0.15) is 0 Å². The van der Waals surface area contributed by atoms with Crippen LogP contribution in [-0.4, -0.2) is 39.0 Å². The molecule has 1 heterocycles. The first-order valence-corrected chi connectivity index (χ1v) is 8.68. The molecule has 0 radical (unpaired) electrons. The molecule has 2 rings (SSSR count). The molecule has 5 nitrogen and oxygen atoms in total. The maximum Gasteiger partial charge on any atom is 0.226 e. The molecule has 1 aromatic rings. The van der Waals surface area contributed by atoms with Crippen LogP contribution in [0.25, 0.3) is 0 Å². The van der Waals surface area contributed by atoms with Gasteiger partial charge in [0.1, 0.15) is 0 Å². The molecular weight excluding hydrogens is 314 g/mol. The van der Waals surface area contributed by atoms with Crippen LogP contribution in [0.1, 0.15) is 26.3 Å². The Morgan fingerprint density at radius 1 is 1.35 bits per heavy atom. The molecule has 0 bridgehead atoms. The summed E-state index contributed by atoms with van der Waals surface area (Å²) < 4.78 is 0. The highest BCUT2D eigenvalue weighted by atomic mass is 32.2. The van der Waals surface area contributed by atoms with Crippen LogP contribution < -0.4 is 5.32 Å². The summed E-state index contributed by atoms with van der Waals surface area (Å²) in [7, 11) is 0. The van der Waals surface area contributed by atoms with Crippen LogP contribution in [-0.2, 0) is 15.3 Å². The van der Waals surface area contributed by atoms with Crippen LogP contribution in [0.3, 0.4) is 0 Å². The van der Waals surface area contributed by atoms with Gasteiger partial charge in [0, 0.05) is 5.75 Å². The Bertz CT molecular complexity index is 577. The number of amides is 1. The lowest BCUT2D eigenvalue weighted by atomic mass is 9.81. The lowest BCUT2D eigenvalue weighted by Gasteiger charge is -2.37. The number of thioether (sulfide) groups is 1. The van der Waals surface area contributed by atoms with E-state index < -0.39 is 34.7 Å². The van der Waals surface area contributed by atoms with Crippen LogP contribution in [0.2, 0.25) is 0 Å². The predicted octanol–water partition coefficient (Wildman–Crippen LogP) is 1.33. The molecule has 1 amide bonds. The smallest absolute Gasteiger partial charge is 0.226 e. The van der Waals surface area contributed by atoms with E-state index in [0.29, 0.717) is 5.75 Å². The molecule has 4 atom stereocenters. The van der Waals surface area contributed by atoms with Crippen LogP contribution in [0, 0.1) is 11.8 Å². The van der Waals surface area contributed by atoms with Crippen LogP contribution in [0.5, 0.6) is 0 Å². The van der Waals surface area contributed by atoms with Crippen LogP contribution >= 0.6 is 11.8 Å². The minimum atomic E-state index is -1.65. The Morgan fingerprint density at radius 2 is 1.96 bits per heavy atom. The van der Waals surface area contributed by atoms with E-state index in [-0.39, 0.29) is 5.92 Å². The summed E-state index contributed by atoms with van der Waals surface area (Å²) in [6.07, 6.45) is -2.40. The summed E-state index contributed by atoms with van der Waals surface area (Å²) in [5, 5.41) is 23.2. The van der Waals surface area contributed by atoms with Gasteiger partial charge in [-0.25, -0.2) is 0 Å². The Labute approximate surface area is 140 Å².